The summed E-state index contributed by atoms with van der Waals surface area (Å²) in [5.41, 5.74) is 2.24. The standard InChI is InChI=1S/C23H27FN2O2/c24-22-19(15-25-21-14-20(21)18-10-5-2-6-11-18)12-7-13-26(22)23(27)28-16-17-8-3-1-4-9-17/h1-6,8-11,19-22,25H,7,12-16H2/t19?,20-,21+,22?/m0/s1. The Kier molecular flexibility index (Phi) is 5.91. The molecule has 1 aliphatic heterocycles. The highest BCUT2D eigenvalue weighted by molar-refractivity contribution is 5.68. The van der Waals surface area contributed by atoms with E-state index in [2.05, 4.69) is 29.6 Å². The summed E-state index contributed by atoms with van der Waals surface area (Å²) >= 11 is 0. The number of hydrogen-bond donors (Lipinski definition) is 1. The molecule has 28 heavy (non-hydrogen) atoms. The van der Waals surface area contributed by atoms with Crippen molar-refractivity contribution in [2.24, 2.45) is 5.92 Å². The molecular formula is C23H27FN2O2. The number of hydrogen-bond acceptors (Lipinski definition) is 3. The van der Waals surface area contributed by atoms with E-state index in [4.69, 9.17) is 4.74 Å². The Morgan fingerprint density at radius 3 is 2.57 bits per heavy atom. The zero-order valence-electron chi connectivity index (χ0n) is 16.0. The quantitative estimate of drug-likeness (QED) is 0.749. The summed E-state index contributed by atoms with van der Waals surface area (Å²) in [6, 6.07) is 20.3. The molecule has 0 bridgehead atoms. The summed E-state index contributed by atoms with van der Waals surface area (Å²) in [5.74, 6) is 0.338. The maximum absolute atomic E-state index is 15.0. The Balaban J connectivity index is 1.25. The first-order valence-electron chi connectivity index (χ1n) is 10.1. The number of carbonyl (C=O) groups excluding carboxylic acids is 1. The van der Waals surface area contributed by atoms with Crippen molar-refractivity contribution < 1.29 is 13.9 Å². The van der Waals surface area contributed by atoms with Gasteiger partial charge in [0.15, 0.2) is 6.30 Å². The smallest absolute Gasteiger partial charge is 0.412 e. The summed E-state index contributed by atoms with van der Waals surface area (Å²) in [7, 11) is 0. The highest BCUT2D eigenvalue weighted by Crippen LogP contribution is 2.41. The molecule has 0 radical (unpaired) electrons. The lowest BCUT2D eigenvalue weighted by Gasteiger charge is -2.35. The van der Waals surface area contributed by atoms with Crippen molar-refractivity contribution in [3.8, 4) is 0 Å². The van der Waals surface area contributed by atoms with Crippen LogP contribution in [0.3, 0.4) is 0 Å². The monoisotopic (exact) mass is 382 g/mol. The van der Waals surface area contributed by atoms with Gasteiger partial charge in [0.25, 0.3) is 0 Å². The van der Waals surface area contributed by atoms with Crippen LogP contribution in [0.1, 0.15) is 36.3 Å². The van der Waals surface area contributed by atoms with E-state index < -0.39 is 12.4 Å². The molecule has 1 saturated heterocycles. The Morgan fingerprint density at radius 1 is 1.11 bits per heavy atom. The largest absolute Gasteiger partial charge is 0.444 e. The number of benzene rings is 2. The van der Waals surface area contributed by atoms with E-state index in [-0.39, 0.29) is 12.5 Å². The summed E-state index contributed by atoms with van der Waals surface area (Å²) < 4.78 is 20.3. The average Bonchev–Trinajstić information content (AvgIpc) is 3.52. The number of nitrogens with zero attached hydrogens (tertiary/aromatic N) is 1. The molecule has 2 unspecified atom stereocenters. The molecule has 148 valence electrons. The highest BCUT2D eigenvalue weighted by atomic mass is 19.1. The first-order chi connectivity index (χ1) is 13.7. The summed E-state index contributed by atoms with van der Waals surface area (Å²) in [6.07, 6.45) is 0.837. The lowest BCUT2D eigenvalue weighted by molar-refractivity contribution is -0.00717. The summed E-state index contributed by atoms with van der Waals surface area (Å²) in [5, 5.41) is 3.50. The number of nitrogens with one attached hydrogen (secondary N) is 1. The number of carbonyl (C=O) groups is 1. The summed E-state index contributed by atoms with van der Waals surface area (Å²) in [4.78, 5) is 13.6. The van der Waals surface area contributed by atoms with Gasteiger partial charge in [-0.1, -0.05) is 60.7 Å². The third-order valence-corrected chi connectivity index (χ3v) is 5.76. The van der Waals surface area contributed by atoms with Crippen molar-refractivity contribution in [1.82, 2.24) is 10.2 Å². The van der Waals surface area contributed by atoms with Gasteiger partial charge in [0, 0.05) is 31.0 Å². The second-order valence-corrected chi connectivity index (χ2v) is 7.78. The normalized spacial score (nSPS) is 26.7. The number of amides is 1. The Labute approximate surface area is 165 Å². The fourth-order valence-electron chi connectivity index (χ4n) is 4.02. The van der Waals surface area contributed by atoms with E-state index in [0.29, 0.717) is 25.0 Å². The third-order valence-electron chi connectivity index (χ3n) is 5.76. The summed E-state index contributed by atoms with van der Waals surface area (Å²) in [6.45, 7) is 1.19. The number of piperidine rings is 1. The third kappa shape index (κ3) is 4.53. The predicted octanol–water partition coefficient (Wildman–Crippen LogP) is 4.48. The molecule has 2 aromatic carbocycles. The van der Waals surface area contributed by atoms with Crippen LogP contribution in [0.15, 0.2) is 60.7 Å². The van der Waals surface area contributed by atoms with Gasteiger partial charge in [0.2, 0.25) is 0 Å². The molecule has 0 aromatic heterocycles. The Bertz CT molecular complexity index is 771. The molecule has 4 rings (SSSR count). The van der Waals surface area contributed by atoms with Crippen molar-refractivity contribution in [3.05, 3.63) is 71.8 Å². The average molecular weight is 382 g/mol. The van der Waals surface area contributed by atoms with E-state index >= 15 is 0 Å². The molecule has 4 atom stereocenters. The minimum atomic E-state index is -1.29. The fourth-order valence-corrected chi connectivity index (χ4v) is 4.02. The molecule has 1 heterocycles. The van der Waals surface area contributed by atoms with Gasteiger partial charge in [0.1, 0.15) is 6.61 Å². The molecule has 1 N–H and O–H groups in total. The molecule has 2 aliphatic rings. The van der Waals surface area contributed by atoms with Crippen LogP contribution >= 0.6 is 0 Å². The van der Waals surface area contributed by atoms with Crippen LogP contribution < -0.4 is 5.32 Å². The van der Waals surface area contributed by atoms with E-state index in [9.17, 15) is 9.18 Å². The number of rotatable bonds is 6. The van der Waals surface area contributed by atoms with Crippen LogP contribution in [-0.4, -0.2) is 36.4 Å². The van der Waals surface area contributed by atoms with Crippen molar-refractivity contribution in [1.29, 1.82) is 0 Å². The molecule has 1 amide bonds. The number of likely N-dealkylation sites (tertiary alicyclic amines) is 1. The maximum Gasteiger partial charge on any atom is 0.412 e. The highest BCUT2D eigenvalue weighted by Gasteiger charge is 2.40. The minimum absolute atomic E-state index is 0.173. The molecule has 1 aliphatic carbocycles. The van der Waals surface area contributed by atoms with Crippen LogP contribution in [0.2, 0.25) is 0 Å². The van der Waals surface area contributed by atoms with E-state index in [1.807, 2.05) is 36.4 Å². The van der Waals surface area contributed by atoms with Crippen LogP contribution in [-0.2, 0) is 11.3 Å². The zero-order chi connectivity index (χ0) is 19.3. The van der Waals surface area contributed by atoms with Gasteiger partial charge in [-0.05, 0) is 30.4 Å². The van der Waals surface area contributed by atoms with Crippen LogP contribution in [0.25, 0.3) is 0 Å². The second-order valence-electron chi connectivity index (χ2n) is 7.78. The first-order valence-corrected chi connectivity index (χ1v) is 10.1. The molecule has 4 nitrogen and oxygen atoms in total. The minimum Gasteiger partial charge on any atom is -0.444 e. The van der Waals surface area contributed by atoms with E-state index in [1.165, 1.54) is 10.5 Å². The number of alkyl halides is 1. The fraction of sp³-hybridized carbons (Fsp3) is 0.435. The molecule has 1 saturated carbocycles. The van der Waals surface area contributed by atoms with E-state index in [0.717, 1.165) is 24.8 Å². The van der Waals surface area contributed by atoms with Gasteiger partial charge >= 0.3 is 6.09 Å². The number of ether oxygens (including phenoxy) is 1. The van der Waals surface area contributed by atoms with Crippen molar-refractivity contribution in [2.75, 3.05) is 13.1 Å². The van der Waals surface area contributed by atoms with Gasteiger partial charge < -0.3 is 10.1 Å². The van der Waals surface area contributed by atoms with Crippen LogP contribution in [0, 0.1) is 5.92 Å². The van der Waals surface area contributed by atoms with Crippen molar-refractivity contribution in [2.45, 2.75) is 44.1 Å². The van der Waals surface area contributed by atoms with Gasteiger partial charge in [-0.25, -0.2) is 9.18 Å². The van der Waals surface area contributed by atoms with Gasteiger partial charge in [-0.2, -0.15) is 0 Å². The Morgan fingerprint density at radius 2 is 1.82 bits per heavy atom. The maximum atomic E-state index is 15.0. The lowest BCUT2D eigenvalue weighted by Crippen LogP contribution is -2.49. The van der Waals surface area contributed by atoms with Crippen LogP contribution in [0.4, 0.5) is 9.18 Å². The SMILES string of the molecule is O=C(OCc1ccccc1)N1CCCC(CN[C@@H]2C[C@H]2c2ccccc2)C1F. The molecule has 5 heteroatoms. The topological polar surface area (TPSA) is 41.6 Å². The van der Waals surface area contributed by atoms with Gasteiger partial charge in [0.05, 0.1) is 0 Å². The second kappa shape index (κ2) is 8.74. The molecule has 0 spiro atoms. The van der Waals surface area contributed by atoms with Crippen LogP contribution in [0.5, 0.6) is 0 Å². The van der Waals surface area contributed by atoms with Crippen molar-refractivity contribution in [3.63, 3.8) is 0 Å². The molecule has 2 aromatic rings. The van der Waals surface area contributed by atoms with Crippen molar-refractivity contribution >= 4 is 6.09 Å². The van der Waals surface area contributed by atoms with Gasteiger partial charge in [-0.15, -0.1) is 0 Å². The first kappa shape index (κ1) is 18.9. The zero-order valence-corrected chi connectivity index (χ0v) is 16.0. The van der Waals surface area contributed by atoms with E-state index in [1.54, 1.807) is 0 Å². The Hall–Kier alpha value is -2.40. The molecule has 2 fully saturated rings. The number of halogens is 1. The predicted molar refractivity (Wildman–Crippen MR) is 107 cm³/mol. The lowest BCUT2D eigenvalue weighted by atomic mass is 9.97. The molecular weight excluding hydrogens is 355 g/mol. The van der Waals surface area contributed by atoms with Gasteiger partial charge in [-0.3, -0.25) is 4.90 Å².